The molecule has 0 fully saturated rings. The number of benzene rings is 5. The summed E-state index contributed by atoms with van der Waals surface area (Å²) in [7, 11) is 0. The summed E-state index contributed by atoms with van der Waals surface area (Å²) in [5.41, 5.74) is 12.9. The van der Waals surface area contributed by atoms with Crippen LogP contribution in [-0.2, 0) is 6.42 Å². The van der Waals surface area contributed by atoms with Crippen LogP contribution in [0, 0.1) is 13.8 Å². The largest absolute Gasteiger partial charge is 0.508 e. The molecule has 0 heterocycles. The van der Waals surface area contributed by atoms with E-state index in [9.17, 15) is 0 Å². The van der Waals surface area contributed by atoms with Gasteiger partial charge in [-0.25, -0.2) is 4.99 Å². The number of hydrogen-bond acceptors (Lipinski definition) is 2. The van der Waals surface area contributed by atoms with E-state index < -0.39 is 0 Å². The molecule has 0 spiro atoms. The highest BCUT2D eigenvalue weighted by Gasteiger charge is 2.21. The second-order valence-corrected chi connectivity index (χ2v) is 10.9. The molecule has 0 unspecified atom stereocenters. The summed E-state index contributed by atoms with van der Waals surface area (Å²) < 4.78 is 0. The monoisotopic (exact) mass is 547 g/mol. The molecule has 1 aliphatic carbocycles. The first-order valence-electron chi connectivity index (χ1n) is 14.4. The second-order valence-electron chi connectivity index (χ2n) is 10.9. The second kappa shape index (κ2) is 12.7. The molecule has 208 valence electrons. The van der Waals surface area contributed by atoms with Crippen LogP contribution in [0.15, 0.2) is 138 Å². The fourth-order valence-electron chi connectivity index (χ4n) is 5.28. The van der Waals surface area contributed by atoms with E-state index in [4.69, 9.17) is 10.1 Å². The summed E-state index contributed by atoms with van der Waals surface area (Å²) in [6.07, 6.45) is 4.89. The van der Waals surface area contributed by atoms with E-state index in [1.165, 1.54) is 55.3 Å². The molecule has 0 aromatic heterocycles. The van der Waals surface area contributed by atoms with Gasteiger partial charge in [0.1, 0.15) is 5.75 Å². The number of nitrogens with zero attached hydrogens (tertiary/aromatic N) is 1. The minimum atomic E-state index is 0.329. The van der Waals surface area contributed by atoms with Crippen LogP contribution in [0.5, 0.6) is 5.75 Å². The molecule has 42 heavy (non-hydrogen) atoms. The summed E-state index contributed by atoms with van der Waals surface area (Å²) in [6.45, 7) is 12.7. The molecular formula is C40H37NO. The highest BCUT2D eigenvalue weighted by molar-refractivity contribution is 6.17. The Hall–Kier alpha value is -4.95. The fraction of sp³-hybridized carbons (Fsp3) is 0.125. The molecule has 2 nitrogen and oxygen atoms in total. The lowest BCUT2D eigenvalue weighted by Gasteiger charge is -2.10. The van der Waals surface area contributed by atoms with Crippen LogP contribution < -0.4 is 0 Å². The zero-order valence-corrected chi connectivity index (χ0v) is 24.9. The number of allylic oxidation sites excluding steroid dienone is 4. The molecule has 0 saturated heterocycles. The number of phenols is 1. The Bertz CT molecular complexity index is 1790. The summed E-state index contributed by atoms with van der Waals surface area (Å²) in [5, 5.41) is 11.3. The van der Waals surface area contributed by atoms with Crippen molar-refractivity contribution in [2.75, 3.05) is 0 Å². The molecule has 1 N–H and O–H groups in total. The van der Waals surface area contributed by atoms with Crippen molar-refractivity contribution in [2.24, 2.45) is 4.99 Å². The van der Waals surface area contributed by atoms with E-state index in [0.717, 1.165) is 23.4 Å². The molecule has 0 aliphatic heterocycles. The highest BCUT2D eigenvalue weighted by Crippen LogP contribution is 2.42. The van der Waals surface area contributed by atoms with E-state index in [0.29, 0.717) is 5.75 Å². The van der Waals surface area contributed by atoms with Gasteiger partial charge in [0.15, 0.2) is 0 Å². The number of rotatable bonds is 6. The van der Waals surface area contributed by atoms with Crippen molar-refractivity contribution in [1.29, 1.82) is 0 Å². The summed E-state index contributed by atoms with van der Waals surface area (Å²) in [6, 6.07) is 37.5. The zero-order valence-electron chi connectivity index (χ0n) is 24.9. The predicted octanol–water partition coefficient (Wildman–Crippen LogP) is 10.5. The zero-order chi connectivity index (χ0) is 29.6. The van der Waals surface area contributed by atoms with Gasteiger partial charge in [-0.2, -0.15) is 0 Å². The van der Waals surface area contributed by atoms with Crippen LogP contribution in [0.2, 0.25) is 0 Å². The van der Waals surface area contributed by atoms with E-state index in [-0.39, 0.29) is 0 Å². The third-order valence-electron chi connectivity index (χ3n) is 7.63. The molecule has 2 heteroatoms. The lowest BCUT2D eigenvalue weighted by molar-refractivity contribution is 0.475. The SMILES string of the molecule is C=C(Cc1ccc(-c2ccc(C)cc2)cc1)C(/C=C\C)=NC1=C(C)c2cccc3cccc1c23.Cc1ccc(O)cc1. The molecule has 0 amide bonds. The normalized spacial score (nSPS) is 12.5. The lowest BCUT2D eigenvalue weighted by Crippen LogP contribution is -2.02. The Labute approximate surface area is 249 Å². The van der Waals surface area contributed by atoms with Crippen LogP contribution in [0.4, 0.5) is 0 Å². The first-order chi connectivity index (χ1) is 20.3. The Balaban J connectivity index is 0.000000382. The van der Waals surface area contributed by atoms with Crippen LogP contribution in [0.3, 0.4) is 0 Å². The van der Waals surface area contributed by atoms with Crippen LogP contribution >= 0.6 is 0 Å². The molecule has 1 aliphatic rings. The Morgan fingerprint density at radius 3 is 1.83 bits per heavy atom. The van der Waals surface area contributed by atoms with Crippen molar-refractivity contribution in [1.82, 2.24) is 0 Å². The topological polar surface area (TPSA) is 32.6 Å². The van der Waals surface area contributed by atoms with E-state index in [2.05, 4.69) is 111 Å². The first kappa shape index (κ1) is 28.6. The maximum absolute atomic E-state index is 8.76. The predicted molar refractivity (Wildman–Crippen MR) is 181 cm³/mol. The number of aliphatic imine (C=N–C) groups is 1. The molecule has 5 aromatic rings. The molecular weight excluding hydrogens is 510 g/mol. The van der Waals surface area contributed by atoms with Gasteiger partial charge in [-0.15, -0.1) is 0 Å². The standard InChI is InChI=1S/C33H29N.C7H8O/c1-5-8-31(34-33-24(4)29-11-6-9-28-10-7-12-30(33)32(28)29)23(3)21-25-15-19-27(20-16-25)26-17-13-22(2)14-18-26;1-6-2-4-7(8)5-3-6/h5-20H,3,21H2,1-2,4H3;2-5,8H,1H3/b8-5-,34-31?;. The number of aromatic hydroxyl groups is 1. The van der Waals surface area contributed by atoms with Crippen molar-refractivity contribution >= 4 is 27.8 Å². The van der Waals surface area contributed by atoms with Gasteiger partial charge in [0.05, 0.1) is 11.4 Å². The maximum Gasteiger partial charge on any atom is 0.115 e. The van der Waals surface area contributed by atoms with Gasteiger partial charge in [-0.1, -0.05) is 121 Å². The summed E-state index contributed by atoms with van der Waals surface area (Å²) in [5.74, 6) is 0.329. The van der Waals surface area contributed by atoms with Gasteiger partial charge in [0.2, 0.25) is 0 Å². The smallest absolute Gasteiger partial charge is 0.115 e. The quantitative estimate of drug-likeness (QED) is 0.211. The van der Waals surface area contributed by atoms with Gasteiger partial charge < -0.3 is 5.11 Å². The molecule has 0 bridgehead atoms. The van der Waals surface area contributed by atoms with Crippen LogP contribution in [-0.4, -0.2) is 10.8 Å². The third kappa shape index (κ3) is 6.34. The lowest BCUT2D eigenvalue weighted by atomic mass is 9.98. The van der Waals surface area contributed by atoms with Crippen molar-refractivity contribution in [3.63, 3.8) is 0 Å². The molecule has 0 radical (unpaired) electrons. The number of aryl methyl sites for hydroxylation is 2. The van der Waals surface area contributed by atoms with Gasteiger partial charge in [-0.05, 0) is 96.5 Å². The number of phenolic OH excluding ortho intramolecular Hbond substituents is 1. The maximum atomic E-state index is 8.76. The van der Waals surface area contributed by atoms with Crippen LogP contribution in [0.25, 0.3) is 33.2 Å². The number of hydrogen-bond donors (Lipinski definition) is 1. The van der Waals surface area contributed by atoms with Gasteiger partial charge in [0.25, 0.3) is 0 Å². The molecule has 0 saturated carbocycles. The fourth-order valence-corrected chi connectivity index (χ4v) is 5.28. The average Bonchev–Trinajstić information content (AvgIpc) is 3.27. The minimum Gasteiger partial charge on any atom is -0.508 e. The summed E-state index contributed by atoms with van der Waals surface area (Å²) in [4.78, 5) is 5.17. The van der Waals surface area contributed by atoms with Gasteiger partial charge >= 0.3 is 0 Å². The van der Waals surface area contributed by atoms with Crippen molar-refractivity contribution in [3.8, 4) is 16.9 Å². The molecule has 6 rings (SSSR count). The molecule has 5 aromatic carbocycles. The van der Waals surface area contributed by atoms with E-state index in [1.807, 2.05) is 32.1 Å². The summed E-state index contributed by atoms with van der Waals surface area (Å²) >= 11 is 0. The minimum absolute atomic E-state index is 0.329. The first-order valence-corrected chi connectivity index (χ1v) is 14.4. The average molecular weight is 548 g/mol. The molecule has 0 atom stereocenters. The van der Waals surface area contributed by atoms with E-state index in [1.54, 1.807) is 12.1 Å². The Kier molecular flexibility index (Phi) is 8.64. The van der Waals surface area contributed by atoms with E-state index >= 15 is 0 Å². The Morgan fingerprint density at radius 1 is 0.714 bits per heavy atom. The van der Waals surface area contributed by atoms with Crippen molar-refractivity contribution < 1.29 is 5.11 Å². The van der Waals surface area contributed by atoms with Crippen molar-refractivity contribution in [2.45, 2.75) is 34.1 Å². The van der Waals surface area contributed by atoms with Crippen LogP contribution in [0.1, 0.15) is 41.7 Å². The highest BCUT2D eigenvalue weighted by atomic mass is 16.3. The van der Waals surface area contributed by atoms with Gasteiger partial charge in [-0.3, -0.25) is 0 Å². The van der Waals surface area contributed by atoms with Crippen molar-refractivity contribution in [3.05, 3.63) is 161 Å². The Morgan fingerprint density at radius 2 is 1.26 bits per heavy atom. The third-order valence-corrected chi connectivity index (χ3v) is 7.63. The van der Waals surface area contributed by atoms with Gasteiger partial charge in [0, 0.05) is 5.56 Å².